The largest absolute Gasteiger partial charge is 0.471 e. The van der Waals surface area contributed by atoms with Crippen LogP contribution in [0.2, 0.25) is 0 Å². The summed E-state index contributed by atoms with van der Waals surface area (Å²) in [5.74, 6) is -2.16. The number of nitrogens with one attached hydrogen (secondary N) is 2. The maximum atomic E-state index is 12.6. The standard InChI is InChI=1S/C18H19F3N2O3S/c1-12(2)16(13-6-4-3-5-7-13)23-27(25,26)15-10-8-14(9-11-15)22-17(24)18(19,20)21/h3-12,16,23H,1-2H3,(H,22,24)/t16-/m1/s1. The number of benzene rings is 2. The van der Waals surface area contributed by atoms with Crippen LogP contribution in [0, 0.1) is 5.92 Å². The Balaban J connectivity index is 2.19. The molecule has 0 spiro atoms. The molecule has 2 aromatic carbocycles. The Morgan fingerprint density at radius 2 is 1.52 bits per heavy atom. The highest BCUT2D eigenvalue weighted by atomic mass is 32.2. The zero-order chi connectivity index (χ0) is 20.2. The second kappa shape index (κ2) is 8.10. The minimum absolute atomic E-state index is 0.0347. The van der Waals surface area contributed by atoms with Crippen LogP contribution in [0.5, 0.6) is 0 Å². The van der Waals surface area contributed by atoms with Gasteiger partial charge in [0.1, 0.15) is 0 Å². The molecule has 0 unspecified atom stereocenters. The summed E-state index contributed by atoms with van der Waals surface area (Å²) >= 11 is 0. The fourth-order valence-electron chi connectivity index (χ4n) is 2.40. The Hall–Kier alpha value is -2.39. The summed E-state index contributed by atoms with van der Waals surface area (Å²) in [6.07, 6.45) is -5.02. The van der Waals surface area contributed by atoms with Crippen molar-refractivity contribution in [3.8, 4) is 0 Å². The van der Waals surface area contributed by atoms with E-state index in [0.717, 1.165) is 29.8 Å². The lowest BCUT2D eigenvalue weighted by molar-refractivity contribution is -0.167. The van der Waals surface area contributed by atoms with Crippen molar-refractivity contribution in [1.82, 2.24) is 4.72 Å². The van der Waals surface area contributed by atoms with E-state index in [9.17, 15) is 26.4 Å². The Labute approximate surface area is 155 Å². The van der Waals surface area contributed by atoms with Gasteiger partial charge in [-0.3, -0.25) is 4.79 Å². The smallest absolute Gasteiger partial charge is 0.318 e. The molecule has 0 radical (unpaired) electrons. The summed E-state index contributed by atoms with van der Waals surface area (Å²) in [5.41, 5.74) is 0.643. The predicted octanol–water partition coefficient (Wildman–Crippen LogP) is 3.86. The number of carbonyl (C=O) groups is 1. The van der Waals surface area contributed by atoms with E-state index in [1.165, 1.54) is 0 Å². The molecule has 0 saturated heterocycles. The number of carbonyl (C=O) groups excluding carboxylic acids is 1. The second-order valence-corrected chi connectivity index (χ2v) is 7.94. The zero-order valence-electron chi connectivity index (χ0n) is 14.6. The first-order chi connectivity index (χ1) is 12.5. The van der Waals surface area contributed by atoms with Gasteiger partial charge in [-0.2, -0.15) is 13.2 Å². The van der Waals surface area contributed by atoms with Crippen LogP contribution in [0.25, 0.3) is 0 Å². The number of halogens is 3. The third-order valence-electron chi connectivity index (χ3n) is 3.79. The van der Waals surface area contributed by atoms with E-state index < -0.39 is 28.1 Å². The molecule has 0 bridgehead atoms. The summed E-state index contributed by atoms with van der Waals surface area (Å²) in [7, 11) is -3.91. The van der Waals surface area contributed by atoms with Crippen molar-refractivity contribution < 1.29 is 26.4 Å². The van der Waals surface area contributed by atoms with Crippen LogP contribution in [-0.2, 0) is 14.8 Å². The molecule has 5 nitrogen and oxygen atoms in total. The van der Waals surface area contributed by atoms with Crippen LogP contribution in [0.3, 0.4) is 0 Å². The first-order valence-electron chi connectivity index (χ1n) is 8.06. The number of hydrogen-bond donors (Lipinski definition) is 2. The number of amides is 1. The molecule has 27 heavy (non-hydrogen) atoms. The average molecular weight is 400 g/mol. The molecule has 0 aliphatic carbocycles. The molecule has 0 fully saturated rings. The van der Waals surface area contributed by atoms with Gasteiger partial charge in [0, 0.05) is 11.7 Å². The molecule has 2 aromatic rings. The molecule has 1 atom stereocenters. The summed E-state index contributed by atoms with van der Waals surface area (Å²) in [5, 5.41) is 1.67. The van der Waals surface area contributed by atoms with Crippen LogP contribution in [0.4, 0.5) is 18.9 Å². The quantitative estimate of drug-likeness (QED) is 0.773. The van der Waals surface area contributed by atoms with Gasteiger partial charge in [-0.1, -0.05) is 44.2 Å². The Morgan fingerprint density at radius 3 is 2.00 bits per heavy atom. The van der Waals surface area contributed by atoms with Gasteiger partial charge < -0.3 is 5.32 Å². The van der Waals surface area contributed by atoms with Crippen molar-refractivity contribution in [3.63, 3.8) is 0 Å². The number of rotatable bonds is 6. The van der Waals surface area contributed by atoms with Gasteiger partial charge in [-0.05, 0) is 35.7 Å². The highest BCUT2D eigenvalue weighted by molar-refractivity contribution is 7.89. The minimum atomic E-state index is -5.02. The number of alkyl halides is 3. The van der Waals surface area contributed by atoms with Crippen LogP contribution in [0.15, 0.2) is 59.5 Å². The van der Waals surface area contributed by atoms with Crippen molar-refractivity contribution in [3.05, 3.63) is 60.2 Å². The zero-order valence-corrected chi connectivity index (χ0v) is 15.4. The molecule has 2 N–H and O–H groups in total. The maximum Gasteiger partial charge on any atom is 0.471 e. The summed E-state index contributed by atoms with van der Waals surface area (Å²) in [6.45, 7) is 3.74. The highest BCUT2D eigenvalue weighted by Crippen LogP contribution is 2.25. The third kappa shape index (κ3) is 5.54. The van der Waals surface area contributed by atoms with E-state index in [0.29, 0.717) is 0 Å². The Bertz CT molecular complexity index is 880. The first-order valence-corrected chi connectivity index (χ1v) is 9.54. The van der Waals surface area contributed by atoms with E-state index in [-0.39, 0.29) is 16.5 Å². The van der Waals surface area contributed by atoms with Gasteiger partial charge in [0.25, 0.3) is 0 Å². The van der Waals surface area contributed by atoms with E-state index in [2.05, 4.69) is 4.72 Å². The maximum absolute atomic E-state index is 12.6. The number of sulfonamides is 1. The molecule has 0 saturated carbocycles. The lowest BCUT2D eigenvalue weighted by Crippen LogP contribution is -2.32. The first kappa shape index (κ1) is 20.9. The molecule has 0 aliphatic rings. The fraction of sp³-hybridized carbons (Fsp3) is 0.278. The van der Waals surface area contributed by atoms with E-state index in [1.807, 2.05) is 32.0 Å². The van der Waals surface area contributed by atoms with Crippen LogP contribution >= 0.6 is 0 Å². The lowest BCUT2D eigenvalue weighted by Gasteiger charge is -2.23. The Kier molecular flexibility index (Phi) is 6.27. The van der Waals surface area contributed by atoms with E-state index in [1.54, 1.807) is 17.4 Å². The third-order valence-corrected chi connectivity index (χ3v) is 5.24. The number of hydrogen-bond acceptors (Lipinski definition) is 3. The molecular formula is C18H19F3N2O3S. The topological polar surface area (TPSA) is 75.3 Å². The van der Waals surface area contributed by atoms with Crippen molar-refractivity contribution in [2.45, 2.75) is 31.0 Å². The summed E-state index contributed by atoms with van der Waals surface area (Å²) < 4.78 is 64.7. The van der Waals surface area contributed by atoms with Crippen molar-refractivity contribution >= 4 is 21.6 Å². The van der Waals surface area contributed by atoms with Gasteiger partial charge in [-0.15, -0.1) is 0 Å². The van der Waals surface area contributed by atoms with E-state index in [4.69, 9.17) is 0 Å². The molecule has 146 valence electrons. The van der Waals surface area contributed by atoms with Crippen molar-refractivity contribution in [2.24, 2.45) is 5.92 Å². The van der Waals surface area contributed by atoms with Crippen LogP contribution in [-0.4, -0.2) is 20.5 Å². The monoisotopic (exact) mass is 400 g/mol. The van der Waals surface area contributed by atoms with E-state index >= 15 is 0 Å². The predicted molar refractivity (Wildman–Crippen MR) is 95.5 cm³/mol. The van der Waals surface area contributed by atoms with Crippen LogP contribution in [0.1, 0.15) is 25.5 Å². The molecule has 1 amide bonds. The normalized spacial score (nSPS) is 13.4. The summed E-state index contributed by atoms with van der Waals surface area (Å²) in [6, 6.07) is 13.0. The number of anilines is 1. The molecular weight excluding hydrogens is 381 g/mol. The van der Waals surface area contributed by atoms with Gasteiger partial charge >= 0.3 is 12.1 Å². The van der Waals surface area contributed by atoms with Gasteiger partial charge in [0.15, 0.2) is 0 Å². The molecule has 2 rings (SSSR count). The van der Waals surface area contributed by atoms with Crippen molar-refractivity contribution in [2.75, 3.05) is 5.32 Å². The minimum Gasteiger partial charge on any atom is -0.318 e. The fourth-order valence-corrected chi connectivity index (χ4v) is 3.78. The van der Waals surface area contributed by atoms with Gasteiger partial charge in [0.2, 0.25) is 10.0 Å². The van der Waals surface area contributed by atoms with Gasteiger partial charge in [0.05, 0.1) is 4.90 Å². The molecule has 0 aromatic heterocycles. The Morgan fingerprint density at radius 1 is 0.963 bits per heavy atom. The van der Waals surface area contributed by atoms with Gasteiger partial charge in [-0.25, -0.2) is 13.1 Å². The molecule has 0 aliphatic heterocycles. The lowest BCUT2D eigenvalue weighted by atomic mass is 9.97. The SMILES string of the molecule is CC(C)[C@@H](NS(=O)(=O)c1ccc(NC(=O)C(F)(F)F)cc1)c1ccccc1. The van der Waals surface area contributed by atoms with Crippen LogP contribution < -0.4 is 10.0 Å². The van der Waals surface area contributed by atoms with Crippen molar-refractivity contribution in [1.29, 1.82) is 0 Å². The molecule has 0 heterocycles. The highest BCUT2D eigenvalue weighted by Gasteiger charge is 2.38. The molecule has 9 heteroatoms. The summed E-state index contributed by atoms with van der Waals surface area (Å²) in [4.78, 5) is 10.8. The average Bonchev–Trinajstić information content (AvgIpc) is 2.60. The second-order valence-electron chi connectivity index (χ2n) is 6.23.